The molecule has 0 fully saturated rings. The Bertz CT molecular complexity index is 1150. The van der Waals surface area contributed by atoms with Gasteiger partial charge in [-0.15, -0.1) is 10.2 Å². The molecule has 0 spiro atoms. The molecule has 0 saturated heterocycles. The molecule has 1 aromatic carbocycles. The number of nitrogens with one attached hydrogen (secondary N) is 3. The van der Waals surface area contributed by atoms with Crippen LogP contribution in [0.15, 0.2) is 48.7 Å². The van der Waals surface area contributed by atoms with E-state index in [2.05, 4.69) is 26.1 Å². The Hall–Kier alpha value is -3.40. The summed E-state index contributed by atoms with van der Waals surface area (Å²) in [5.74, 6) is 0.619. The molecule has 0 bridgehead atoms. The first-order valence-corrected chi connectivity index (χ1v) is 11.7. The SMILES string of the molecule is CSCCC(NC(=O)CCC1NC(=O)c2ccccc2NC1=O)c1nnc2ccccn12. The first-order chi connectivity index (χ1) is 15.6. The van der Waals surface area contributed by atoms with Gasteiger partial charge in [0.05, 0.1) is 17.3 Å². The molecule has 32 heavy (non-hydrogen) atoms. The van der Waals surface area contributed by atoms with Crippen LogP contribution in [-0.2, 0) is 9.59 Å². The molecule has 1 aliphatic heterocycles. The summed E-state index contributed by atoms with van der Waals surface area (Å²) in [4.78, 5) is 37.8. The van der Waals surface area contributed by atoms with E-state index in [-0.39, 0.29) is 36.6 Å². The lowest BCUT2D eigenvalue weighted by Gasteiger charge is -2.18. The predicted octanol–water partition coefficient (Wildman–Crippen LogP) is 2.17. The number of rotatable bonds is 8. The third-order valence-corrected chi connectivity index (χ3v) is 5.95. The van der Waals surface area contributed by atoms with Crippen LogP contribution in [0.1, 0.15) is 41.5 Å². The average molecular weight is 453 g/mol. The van der Waals surface area contributed by atoms with E-state index in [9.17, 15) is 14.4 Å². The van der Waals surface area contributed by atoms with Crippen molar-refractivity contribution in [3.05, 3.63) is 60.0 Å². The number of aromatic nitrogens is 3. The zero-order chi connectivity index (χ0) is 22.5. The van der Waals surface area contributed by atoms with Crippen LogP contribution >= 0.6 is 11.8 Å². The molecule has 2 unspecified atom stereocenters. The van der Waals surface area contributed by atoms with Crippen LogP contribution in [0.5, 0.6) is 0 Å². The number of nitrogens with zero attached hydrogens (tertiary/aromatic N) is 3. The van der Waals surface area contributed by atoms with Gasteiger partial charge in [-0.1, -0.05) is 18.2 Å². The molecular weight excluding hydrogens is 428 g/mol. The fourth-order valence-corrected chi connectivity index (χ4v) is 4.13. The molecule has 10 heteroatoms. The first-order valence-electron chi connectivity index (χ1n) is 10.4. The van der Waals surface area contributed by atoms with E-state index in [0.29, 0.717) is 29.1 Å². The number of pyridine rings is 1. The zero-order valence-corrected chi connectivity index (χ0v) is 18.4. The lowest BCUT2D eigenvalue weighted by Crippen LogP contribution is -2.42. The molecule has 0 saturated carbocycles. The summed E-state index contributed by atoms with van der Waals surface area (Å²) in [6.07, 6.45) is 4.84. The Morgan fingerprint density at radius 3 is 2.84 bits per heavy atom. The third-order valence-electron chi connectivity index (χ3n) is 5.31. The first kappa shape index (κ1) is 21.8. The minimum Gasteiger partial charge on any atom is -0.346 e. The van der Waals surface area contributed by atoms with Crippen LogP contribution in [0.3, 0.4) is 0 Å². The van der Waals surface area contributed by atoms with Crippen molar-refractivity contribution in [2.75, 3.05) is 17.3 Å². The van der Waals surface area contributed by atoms with Gasteiger partial charge in [0, 0.05) is 12.6 Å². The number of hydrogen-bond acceptors (Lipinski definition) is 6. The zero-order valence-electron chi connectivity index (χ0n) is 17.6. The fraction of sp³-hybridized carbons (Fsp3) is 0.318. The van der Waals surface area contributed by atoms with E-state index >= 15 is 0 Å². The number of anilines is 1. The highest BCUT2D eigenvalue weighted by Gasteiger charge is 2.28. The monoisotopic (exact) mass is 452 g/mol. The quantitative estimate of drug-likeness (QED) is 0.482. The number of thioether (sulfide) groups is 1. The van der Waals surface area contributed by atoms with Gasteiger partial charge in [-0.3, -0.25) is 18.8 Å². The molecule has 3 heterocycles. The van der Waals surface area contributed by atoms with Crippen LogP contribution < -0.4 is 16.0 Å². The lowest BCUT2D eigenvalue weighted by atomic mass is 10.1. The second kappa shape index (κ2) is 9.82. The number of carbonyl (C=O) groups excluding carboxylic acids is 3. The number of fused-ring (bicyclic) bond motifs is 2. The minimum absolute atomic E-state index is 0.0845. The van der Waals surface area contributed by atoms with E-state index in [1.54, 1.807) is 36.0 Å². The maximum Gasteiger partial charge on any atom is 0.254 e. The van der Waals surface area contributed by atoms with Crippen molar-refractivity contribution in [1.29, 1.82) is 0 Å². The van der Waals surface area contributed by atoms with Crippen LogP contribution in [-0.4, -0.2) is 50.4 Å². The standard InChI is InChI=1S/C22H24N6O3S/c1-32-13-11-16(20-27-26-18-8-4-5-12-28(18)20)23-19(29)10-9-17-22(31)24-15-7-3-2-6-14(15)21(30)25-17/h2-8,12,16-17H,9-11,13H2,1H3,(H,23,29)(H,24,31)(H,25,30). The molecule has 1 aliphatic rings. The molecular formula is C22H24N6O3S. The van der Waals surface area contributed by atoms with Crippen molar-refractivity contribution in [3.63, 3.8) is 0 Å². The maximum absolute atomic E-state index is 12.8. The van der Waals surface area contributed by atoms with Gasteiger partial charge in [0.2, 0.25) is 11.8 Å². The van der Waals surface area contributed by atoms with Crippen LogP contribution in [0.2, 0.25) is 0 Å². The van der Waals surface area contributed by atoms with E-state index < -0.39 is 6.04 Å². The lowest BCUT2D eigenvalue weighted by molar-refractivity contribution is -0.122. The van der Waals surface area contributed by atoms with Crippen LogP contribution in [0.4, 0.5) is 5.69 Å². The summed E-state index contributed by atoms with van der Waals surface area (Å²) in [6.45, 7) is 0. The van der Waals surface area contributed by atoms with Crippen LogP contribution in [0, 0.1) is 0 Å². The molecule has 4 rings (SSSR count). The summed E-state index contributed by atoms with van der Waals surface area (Å²) < 4.78 is 1.86. The fourth-order valence-electron chi connectivity index (χ4n) is 3.66. The molecule has 2 aromatic heterocycles. The van der Waals surface area contributed by atoms with Crippen molar-refractivity contribution in [1.82, 2.24) is 25.2 Å². The molecule has 3 amide bonds. The summed E-state index contributed by atoms with van der Waals surface area (Å²) in [7, 11) is 0. The predicted molar refractivity (Wildman–Crippen MR) is 122 cm³/mol. The van der Waals surface area contributed by atoms with Crippen molar-refractivity contribution < 1.29 is 14.4 Å². The molecule has 0 radical (unpaired) electrons. The Kier molecular flexibility index (Phi) is 6.69. The molecule has 0 aliphatic carbocycles. The Balaban J connectivity index is 1.41. The Morgan fingerprint density at radius 2 is 2.00 bits per heavy atom. The highest BCUT2D eigenvalue weighted by atomic mass is 32.2. The highest BCUT2D eigenvalue weighted by molar-refractivity contribution is 7.98. The van der Waals surface area contributed by atoms with Gasteiger partial charge in [-0.2, -0.15) is 11.8 Å². The van der Waals surface area contributed by atoms with Gasteiger partial charge in [0.15, 0.2) is 11.5 Å². The van der Waals surface area contributed by atoms with E-state index in [4.69, 9.17) is 0 Å². The number of para-hydroxylation sites is 1. The summed E-state index contributed by atoms with van der Waals surface area (Å²) >= 11 is 1.68. The van der Waals surface area contributed by atoms with Crippen molar-refractivity contribution >= 4 is 40.8 Å². The number of benzene rings is 1. The van der Waals surface area contributed by atoms with E-state index in [1.165, 1.54) is 0 Å². The van der Waals surface area contributed by atoms with Crippen molar-refractivity contribution in [2.45, 2.75) is 31.3 Å². The van der Waals surface area contributed by atoms with Crippen molar-refractivity contribution in [3.8, 4) is 0 Å². The normalized spacial score (nSPS) is 16.6. The largest absolute Gasteiger partial charge is 0.346 e. The minimum atomic E-state index is -0.792. The van der Waals surface area contributed by atoms with Gasteiger partial charge < -0.3 is 16.0 Å². The molecule has 2 atom stereocenters. The summed E-state index contributed by atoms with van der Waals surface area (Å²) in [6, 6.07) is 11.3. The molecule has 166 valence electrons. The second-order valence-corrected chi connectivity index (χ2v) is 8.47. The van der Waals surface area contributed by atoms with Crippen molar-refractivity contribution in [2.24, 2.45) is 0 Å². The number of carbonyl (C=O) groups is 3. The maximum atomic E-state index is 12.8. The van der Waals surface area contributed by atoms with E-state index in [0.717, 1.165) is 5.75 Å². The second-order valence-electron chi connectivity index (χ2n) is 7.49. The van der Waals surface area contributed by atoms with E-state index in [1.807, 2.05) is 35.1 Å². The van der Waals surface area contributed by atoms with Gasteiger partial charge in [0.1, 0.15) is 6.04 Å². The highest BCUT2D eigenvalue weighted by Crippen LogP contribution is 2.21. The van der Waals surface area contributed by atoms with Crippen LogP contribution in [0.25, 0.3) is 5.65 Å². The molecule has 3 aromatic rings. The molecule has 9 nitrogen and oxygen atoms in total. The third kappa shape index (κ3) is 4.75. The smallest absolute Gasteiger partial charge is 0.254 e. The summed E-state index contributed by atoms with van der Waals surface area (Å²) in [5.41, 5.74) is 1.59. The molecule has 3 N–H and O–H groups in total. The average Bonchev–Trinajstić information content (AvgIpc) is 3.18. The van der Waals surface area contributed by atoms with Gasteiger partial charge in [0.25, 0.3) is 5.91 Å². The van der Waals surface area contributed by atoms with Gasteiger partial charge >= 0.3 is 0 Å². The van der Waals surface area contributed by atoms with Gasteiger partial charge in [-0.25, -0.2) is 0 Å². The summed E-state index contributed by atoms with van der Waals surface area (Å²) in [5, 5.41) is 17.0. The van der Waals surface area contributed by atoms with Gasteiger partial charge in [-0.05, 0) is 49.1 Å². The topological polar surface area (TPSA) is 117 Å². The number of amides is 3. The Morgan fingerprint density at radius 1 is 1.19 bits per heavy atom. The Labute approximate surface area is 189 Å². The number of hydrogen-bond donors (Lipinski definition) is 3.